The summed E-state index contributed by atoms with van der Waals surface area (Å²) in [6.45, 7) is 0.00378. The van der Waals surface area contributed by atoms with Crippen LogP contribution in [0.2, 0.25) is 0 Å². The maximum atomic E-state index is 11.1. The van der Waals surface area contributed by atoms with E-state index in [1.54, 1.807) is 30.3 Å². The van der Waals surface area contributed by atoms with Crippen molar-refractivity contribution in [2.75, 3.05) is 11.9 Å². The van der Waals surface area contributed by atoms with Gasteiger partial charge in [0.05, 0.1) is 6.54 Å². The van der Waals surface area contributed by atoms with Gasteiger partial charge < -0.3 is 15.6 Å². The highest BCUT2D eigenvalue weighted by atomic mass is 32.2. The molecule has 0 aromatic heterocycles. The third-order valence-electron chi connectivity index (χ3n) is 2.51. The second-order valence-corrected chi connectivity index (χ2v) is 4.62. The molecule has 1 amide bonds. The van der Waals surface area contributed by atoms with Crippen molar-refractivity contribution in [2.45, 2.75) is 4.90 Å². The third kappa shape index (κ3) is 2.49. The Bertz CT molecular complexity index is 628. The first kappa shape index (κ1) is 12.5. The molecule has 94 valence electrons. The van der Waals surface area contributed by atoms with Crippen molar-refractivity contribution in [3.63, 3.8) is 0 Å². The minimum atomic E-state index is -2.29. The number of hydrogen-bond donors (Lipinski definition) is 2. The van der Waals surface area contributed by atoms with E-state index < -0.39 is 17.0 Å². The molecule has 5 nitrogen and oxygen atoms in total. The lowest BCUT2D eigenvalue weighted by Gasteiger charge is -2.12. The van der Waals surface area contributed by atoms with E-state index in [0.29, 0.717) is 11.1 Å². The molecule has 2 aromatic rings. The average molecular weight is 263 g/mol. The molecule has 3 N–H and O–H groups in total. The number of hydrogen-bond acceptors (Lipinski definition) is 4. The lowest BCUT2D eigenvalue weighted by molar-refractivity contribution is -0.116. The summed E-state index contributed by atoms with van der Waals surface area (Å²) in [5.41, 5.74) is 5.74. The smallest absolute Gasteiger partial charge is 0.236 e. The second kappa shape index (κ2) is 5.16. The summed E-state index contributed by atoms with van der Waals surface area (Å²) in [5.74, 6) is -0.476. The molecule has 0 bridgehead atoms. The van der Waals surface area contributed by atoms with E-state index in [4.69, 9.17) is 5.73 Å². The van der Waals surface area contributed by atoms with Crippen LogP contribution in [0.1, 0.15) is 0 Å². The standard InChI is InChI=1S/C12H12N2O3S/c13-12(15)7-14-10-5-1-4-9-8(10)3-2-6-11(9)18(16)17/h1-6,14H,7H2,(H2,13,15)(H,16,17)/p-1. The molecule has 1 atom stereocenters. The molecule has 0 saturated carbocycles. The van der Waals surface area contributed by atoms with Crippen molar-refractivity contribution >= 4 is 33.4 Å². The molecule has 2 rings (SSSR count). The van der Waals surface area contributed by atoms with E-state index in [-0.39, 0.29) is 11.4 Å². The normalized spacial score (nSPS) is 12.3. The minimum absolute atomic E-state index is 0.00378. The van der Waals surface area contributed by atoms with Gasteiger partial charge in [-0.15, -0.1) is 0 Å². The highest BCUT2D eigenvalue weighted by Crippen LogP contribution is 2.27. The van der Waals surface area contributed by atoms with E-state index in [2.05, 4.69) is 5.32 Å². The van der Waals surface area contributed by atoms with Gasteiger partial charge in [-0.2, -0.15) is 0 Å². The summed E-state index contributed by atoms with van der Waals surface area (Å²) in [6.07, 6.45) is 0. The predicted molar refractivity (Wildman–Crippen MR) is 68.8 cm³/mol. The van der Waals surface area contributed by atoms with Gasteiger partial charge in [-0.25, -0.2) is 0 Å². The van der Waals surface area contributed by atoms with Crippen LogP contribution in [0.25, 0.3) is 10.8 Å². The van der Waals surface area contributed by atoms with Gasteiger partial charge in [0.25, 0.3) is 0 Å². The highest BCUT2D eigenvalue weighted by Gasteiger charge is 2.05. The van der Waals surface area contributed by atoms with Gasteiger partial charge in [-0.05, 0) is 28.6 Å². The number of carbonyl (C=O) groups excluding carboxylic acids is 1. The highest BCUT2D eigenvalue weighted by molar-refractivity contribution is 7.79. The first-order valence-electron chi connectivity index (χ1n) is 5.23. The zero-order valence-electron chi connectivity index (χ0n) is 9.38. The third-order valence-corrected chi connectivity index (χ3v) is 3.23. The van der Waals surface area contributed by atoms with Crippen molar-refractivity contribution in [3.05, 3.63) is 36.4 Å². The summed E-state index contributed by atoms with van der Waals surface area (Å²) in [5, 5.41) is 4.23. The molecule has 1 unspecified atom stereocenters. The number of rotatable bonds is 4. The first-order valence-corrected chi connectivity index (χ1v) is 6.30. The van der Waals surface area contributed by atoms with Gasteiger partial charge in [-0.1, -0.05) is 24.3 Å². The Kier molecular flexibility index (Phi) is 3.59. The number of fused-ring (bicyclic) bond motifs is 1. The quantitative estimate of drug-likeness (QED) is 0.803. The van der Waals surface area contributed by atoms with E-state index in [1.807, 2.05) is 0 Å². The summed E-state index contributed by atoms with van der Waals surface area (Å²) >= 11 is -2.29. The number of anilines is 1. The molecule has 0 aliphatic heterocycles. The molecule has 0 spiro atoms. The van der Waals surface area contributed by atoms with Crippen LogP contribution in [-0.4, -0.2) is 21.2 Å². The van der Waals surface area contributed by atoms with Gasteiger partial charge in [0.15, 0.2) is 0 Å². The summed E-state index contributed by atoms with van der Waals surface area (Å²) < 4.78 is 22.2. The van der Waals surface area contributed by atoms with Crippen molar-refractivity contribution in [2.24, 2.45) is 5.73 Å². The van der Waals surface area contributed by atoms with Gasteiger partial charge in [0.1, 0.15) is 0 Å². The number of nitrogens with one attached hydrogen (secondary N) is 1. The topological polar surface area (TPSA) is 95.2 Å². The van der Waals surface area contributed by atoms with E-state index in [1.165, 1.54) is 6.07 Å². The van der Waals surface area contributed by atoms with Crippen molar-refractivity contribution in [1.82, 2.24) is 0 Å². The first-order chi connectivity index (χ1) is 8.59. The Labute approximate surface area is 106 Å². The molecule has 18 heavy (non-hydrogen) atoms. The SMILES string of the molecule is NC(=O)CNc1cccc2c(S(=O)[O-])cccc12. The number of primary amides is 1. The van der Waals surface area contributed by atoms with Crippen LogP contribution in [0, 0.1) is 0 Å². The summed E-state index contributed by atoms with van der Waals surface area (Å²) in [7, 11) is 0. The fourth-order valence-corrected chi connectivity index (χ4v) is 2.31. The maximum absolute atomic E-state index is 11.1. The molecule has 0 heterocycles. The van der Waals surface area contributed by atoms with Crippen molar-refractivity contribution < 1.29 is 13.6 Å². The number of amides is 1. The minimum Gasteiger partial charge on any atom is -0.768 e. The molecule has 6 heteroatoms. The molecule has 0 fully saturated rings. The van der Waals surface area contributed by atoms with Crippen molar-refractivity contribution in [3.8, 4) is 0 Å². The molecular weight excluding hydrogens is 252 g/mol. The lowest BCUT2D eigenvalue weighted by Crippen LogP contribution is -2.21. The monoisotopic (exact) mass is 263 g/mol. The zero-order valence-corrected chi connectivity index (χ0v) is 10.2. The molecule has 0 radical (unpaired) electrons. The van der Waals surface area contributed by atoms with Crippen LogP contribution in [0.5, 0.6) is 0 Å². The van der Waals surface area contributed by atoms with Crippen LogP contribution >= 0.6 is 0 Å². The van der Waals surface area contributed by atoms with Gasteiger partial charge >= 0.3 is 0 Å². The zero-order chi connectivity index (χ0) is 13.1. The van der Waals surface area contributed by atoms with E-state index in [9.17, 15) is 13.6 Å². The number of carbonyl (C=O) groups is 1. The predicted octanol–water partition coefficient (Wildman–Crippen LogP) is 0.975. The molecular formula is C12H11N2O3S-. The number of nitrogens with two attached hydrogens (primary N) is 1. The Morgan fingerprint density at radius 2 is 1.89 bits per heavy atom. The average Bonchev–Trinajstić information content (AvgIpc) is 2.35. The summed E-state index contributed by atoms with van der Waals surface area (Å²) in [4.78, 5) is 11.0. The van der Waals surface area contributed by atoms with Crippen molar-refractivity contribution in [1.29, 1.82) is 0 Å². The van der Waals surface area contributed by atoms with Crippen LogP contribution in [0.3, 0.4) is 0 Å². The molecule has 0 aliphatic rings. The van der Waals surface area contributed by atoms with Gasteiger partial charge in [0, 0.05) is 16.0 Å². The maximum Gasteiger partial charge on any atom is 0.236 e. The van der Waals surface area contributed by atoms with Crippen LogP contribution in [-0.2, 0) is 15.9 Å². The Morgan fingerprint density at radius 1 is 1.22 bits per heavy atom. The number of benzene rings is 2. The van der Waals surface area contributed by atoms with E-state index in [0.717, 1.165) is 5.39 Å². The van der Waals surface area contributed by atoms with E-state index >= 15 is 0 Å². The van der Waals surface area contributed by atoms with Crippen LogP contribution in [0.15, 0.2) is 41.3 Å². The fourth-order valence-electron chi connectivity index (χ4n) is 1.76. The second-order valence-electron chi connectivity index (χ2n) is 3.71. The Hall–Kier alpha value is -1.92. The molecule has 2 aromatic carbocycles. The Balaban J connectivity index is 2.53. The fraction of sp³-hybridized carbons (Fsp3) is 0.0833. The van der Waals surface area contributed by atoms with Crippen LogP contribution < -0.4 is 11.1 Å². The van der Waals surface area contributed by atoms with Crippen LogP contribution in [0.4, 0.5) is 5.69 Å². The largest absolute Gasteiger partial charge is 0.768 e. The molecule has 0 aliphatic carbocycles. The lowest BCUT2D eigenvalue weighted by atomic mass is 10.1. The molecule has 0 saturated heterocycles. The van der Waals surface area contributed by atoms with Gasteiger partial charge in [0.2, 0.25) is 5.91 Å². The Morgan fingerprint density at radius 3 is 2.56 bits per heavy atom. The van der Waals surface area contributed by atoms with Gasteiger partial charge in [-0.3, -0.25) is 9.00 Å². The summed E-state index contributed by atoms with van der Waals surface area (Å²) in [6, 6.07) is 10.2.